The maximum Gasteiger partial charge on any atom is 0.294 e. The molecule has 0 aromatic heterocycles. The lowest BCUT2D eigenvalue weighted by atomic mass is 10.2. The van der Waals surface area contributed by atoms with Gasteiger partial charge in [-0.3, -0.25) is 19.3 Å². The highest BCUT2D eigenvalue weighted by molar-refractivity contribution is 14.1. The second-order valence-electron chi connectivity index (χ2n) is 8.00. The van der Waals surface area contributed by atoms with Gasteiger partial charge in [0.05, 0.1) is 18.7 Å². The summed E-state index contributed by atoms with van der Waals surface area (Å²) in [4.78, 5) is 39.1. The van der Waals surface area contributed by atoms with Gasteiger partial charge < -0.3 is 14.8 Å². The lowest BCUT2D eigenvalue weighted by molar-refractivity contribution is -0.127. The molecule has 0 bridgehead atoms. The average molecular weight is 758 g/mol. The molecule has 1 saturated heterocycles. The van der Waals surface area contributed by atoms with E-state index in [9.17, 15) is 18.8 Å². The molecule has 1 fully saturated rings. The van der Waals surface area contributed by atoms with Crippen molar-refractivity contribution in [2.45, 2.75) is 13.5 Å². The van der Waals surface area contributed by atoms with Crippen molar-refractivity contribution in [1.29, 1.82) is 0 Å². The summed E-state index contributed by atoms with van der Waals surface area (Å²) in [6.45, 7) is 2.31. The van der Waals surface area contributed by atoms with Crippen LogP contribution in [0.25, 0.3) is 6.08 Å². The molecule has 1 aliphatic heterocycles. The van der Waals surface area contributed by atoms with Crippen LogP contribution in [0.5, 0.6) is 11.5 Å². The van der Waals surface area contributed by atoms with E-state index in [1.165, 1.54) is 12.1 Å². The molecule has 1 heterocycles. The zero-order valence-corrected chi connectivity index (χ0v) is 25.1. The molecule has 1 aliphatic rings. The number of nitrogens with zero attached hydrogens (tertiary/aromatic N) is 1. The van der Waals surface area contributed by atoms with Crippen LogP contribution in [0, 0.1) is 13.0 Å². The number of amides is 3. The molecule has 0 radical (unpaired) electrons. The standard InChI is InChI=1S/C27H21FI2N2O5S/c1-2-36-20-9-7-19(8-10-20)31-24(33)14-32-26(34)23(38-27(32)35)13-17-11-21(29)25(22(30)12-17)37-15-16-3-5-18(28)6-4-16/h3-13H,2,14-15H2,1H3,(H,31,33)/b23-13+. The van der Waals surface area contributed by atoms with E-state index in [1.807, 2.05) is 19.1 Å². The van der Waals surface area contributed by atoms with Gasteiger partial charge in [0.1, 0.15) is 30.5 Å². The molecule has 7 nitrogen and oxygen atoms in total. The van der Waals surface area contributed by atoms with Crippen molar-refractivity contribution in [3.8, 4) is 11.5 Å². The van der Waals surface area contributed by atoms with Crippen molar-refractivity contribution in [2.75, 3.05) is 18.5 Å². The van der Waals surface area contributed by atoms with E-state index in [2.05, 4.69) is 50.5 Å². The lowest BCUT2D eigenvalue weighted by Gasteiger charge is -2.13. The summed E-state index contributed by atoms with van der Waals surface area (Å²) < 4.78 is 26.1. The van der Waals surface area contributed by atoms with E-state index in [1.54, 1.807) is 42.5 Å². The number of imide groups is 1. The summed E-state index contributed by atoms with van der Waals surface area (Å²) in [7, 11) is 0. The molecule has 0 aliphatic carbocycles. The monoisotopic (exact) mass is 758 g/mol. The Labute approximate surface area is 250 Å². The molecule has 196 valence electrons. The first kappa shape index (κ1) is 28.4. The van der Waals surface area contributed by atoms with Crippen molar-refractivity contribution in [2.24, 2.45) is 0 Å². The van der Waals surface area contributed by atoms with Gasteiger partial charge in [-0.1, -0.05) is 12.1 Å². The number of hydrogen-bond donors (Lipinski definition) is 1. The molecule has 3 aromatic carbocycles. The number of carbonyl (C=O) groups is 3. The quantitative estimate of drug-likeness (QED) is 0.194. The van der Waals surface area contributed by atoms with Crippen molar-refractivity contribution in [3.63, 3.8) is 0 Å². The maximum atomic E-state index is 13.1. The number of halogens is 3. The first-order valence-electron chi connectivity index (χ1n) is 11.4. The number of anilines is 1. The molecule has 3 aromatic rings. The number of carbonyl (C=O) groups excluding carboxylic acids is 3. The summed E-state index contributed by atoms with van der Waals surface area (Å²) in [5, 5.41) is 2.18. The fraction of sp³-hybridized carbons (Fsp3) is 0.148. The fourth-order valence-electron chi connectivity index (χ4n) is 3.47. The molecule has 0 atom stereocenters. The summed E-state index contributed by atoms with van der Waals surface area (Å²) >= 11 is 5.08. The second kappa shape index (κ2) is 12.9. The van der Waals surface area contributed by atoms with Crippen molar-refractivity contribution < 1.29 is 28.2 Å². The number of nitrogens with one attached hydrogen (secondary N) is 1. The molecular weight excluding hydrogens is 737 g/mol. The summed E-state index contributed by atoms with van der Waals surface area (Å²) in [6.07, 6.45) is 1.63. The highest BCUT2D eigenvalue weighted by Gasteiger charge is 2.36. The summed E-state index contributed by atoms with van der Waals surface area (Å²) in [5.74, 6) is 0.0398. The lowest BCUT2D eigenvalue weighted by Crippen LogP contribution is -2.36. The minimum atomic E-state index is -0.525. The number of rotatable bonds is 9. The Morgan fingerprint density at radius 1 is 1.03 bits per heavy atom. The Kier molecular flexibility index (Phi) is 9.65. The molecule has 0 unspecified atom stereocenters. The maximum absolute atomic E-state index is 13.1. The summed E-state index contributed by atoms with van der Waals surface area (Å²) in [6, 6.07) is 16.6. The Morgan fingerprint density at radius 2 is 1.68 bits per heavy atom. The van der Waals surface area contributed by atoms with E-state index >= 15 is 0 Å². The first-order valence-corrected chi connectivity index (χ1v) is 14.3. The summed E-state index contributed by atoms with van der Waals surface area (Å²) in [5.41, 5.74) is 2.09. The smallest absolute Gasteiger partial charge is 0.294 e. The number of thioether (sulfide) groups is 1. The van der Waals surface area contributed by atoms with E-state index in [-0.39, 0.29) is 23.9 Å². The average Bonchev–Trinajstić information content (AvgIpc) is 3.13. The van der Waals surface area contributed by atoms with Gasteiger partial charge in [-0.25, -0.2) is 4.39 Å². The number of hydrogen-bond acceptors (Lipinski definition) is 6. The van der Waals surface area contributed by atoms with Crippen LogP contribution in [0.4, 0.5) is 14.9 Å². The van der Waals surface area contributed by atoms with Gasteiger partial charge in [-0.2, -0.15) is 0 Å². The Hall–Kier alpha value is -2.65. The van der Waals surface area contributed by atoms with E-state index in [0.717, 1.165) is 34.9 Å². The van der Waals surface area contributed by atoms with Crippen LogP contribution in [0.1, 0.15) is 18.1 Å². The van der Waals surface area contributed by atoms with Crippen LogP contribution in [0.15, 0.2) is 65.6 Å². The van der Waals surface area contributed by atoms with Gasteiger partial charge in [0.15, 0.2) is 0 Å². The first-order chi connectivity index (χ1) is 18.2. The number of benzene rings is 3. The third-order valence-corrected chi connectivity index (χ3v) is 7.75. The van der Waals surface area contributed by atoms with Gasteiger partial charge in [0, 0.05) is 5.69 Å². The molecule has 1 N–H and O–H groups in total. The van der Waals surface area contributed by atoms with E-state index in [0.29, 0.717) is 23.8 Å². The van der Waals surface area contributed by atoms with Crippen molar-refractivity contribution in [1.82, 2.24) is 4.90 Å². The zero-order valence-electron chi connectivity index (χ0n) is 20.0. The van der Waals surface area contributed by atoms with Gasteiger partial charge >= 0.3 is 0 Å². The minimum absolute atomic E-state index is 0.232. The predicted molar refractivity (Wildman–Crippen MR) is 162 cm³/mol. The van der Waals surface area contributed by atoms with Crippen LogP contribution in [0.3, 0.4) is 0 Å². The molecule has 0 saturated carbocycles. The molecule has 3 amide bonds. The van der Waals surface area contributed by atoms with Crippen LogP contribution in [-0.4, -0.2) is 35.1 Å². The van der Waals surface area contributed by atoms with Gasteiger partial charge in [0.2, 0.25) is 5.91 Å². The Bertz CT molecular complexity index is 1370. The van der Waals surface area contributed by atoms with Crippen LogP contribution < -0.4 is 14.8 Å². The minimum Gasteiger partial charge on any atom is -0.494 e. The number of ether oxygens (including phenoxy) is 2. The molecule has 38 heavy (non-hydrogen) atoms. The largest absolute Gasteiger partial charge is 0.494 e. The van der Waals surface area contributed by atoms with Gasteiger partial charge in [-0.15, -0.1) is 0 Å². The third kappa shape index (κ3) is 7.26. The van der Waals surface area contributed by atoms with Crippen LogP contribution in [-0.2, 0) is 16.2 Å². The van der Waals surface area contributed by atoms with E-state index < -0.39 is 17.1 Å². The normalized spacial score (nSPS) is 14.2. The third-order valence-electron chi connectivity index (χ3n) is 5.24. The van der Waals surface area contributed by atoms with Gasteiger partial charge in [0.25, 0.3) is 11.1 Å². The molecule has 0 spiro atoms. The fourth-order valence-corrected chi connectivity index (χ4v) is 6.44. The van der Waals surface area contributed by atoms with Crippen molar-refractivity contribution in [3.05, 3.63) is 89.7 Å². The van der Waals surface area contributed by atoms with E-state index in [4.69, 9.17) is 9.47 Å². The topological polar surface area (TPSA) is 84.9 Å². The van der Waals surface area contributed by atoms with Crippen LogP contribution in [0.2, 0.25) is 0 Å². The van der Waals surface area contributed by atoms with Gasteiger partial charge in [-0.05, 0) is 130 Å². The van der Waals surface area contributed by atoms with Crippen molar-refractivity contribution >= 4 is 85.8 Å². The molecular formula is C27H21FI2N2O5S. The predicted octanol–water partition coefficient (Wildman–Crippen LogP) is 6.69. The van der Waals surface area contributed by atoms with Crippen LogP contribution >= 0.6 is 56.9 Å². The Morgan fingerprint density at radius 3 is 2.32 bits per heavy atom. The zero-order chi connectivity index (χ0) is 27.2. The molecule has 11 heteroatoms. The second-order valence-corrected chi connectivity index (χ2v) is 11.3. The SMILES string of the molecule is CCOc1ccc(NC(=O)CN2C(=O)S/C(=C/c3cc(I)c(OCc4ccc(F)cc4)c(I)c3)C2=O)cc1. The Balaban J connectivity index is 1.40. The highest BCUT2D eigenvalue weighted by atomic mass is 127. The molecule has 4 rings (SSSR count). The highest BCUT2D eigenvalue weighted by Crippen LogP contribution is 2.35.